The van der Waals surface area contributed by atoms with Crippen LogP contribution in [0.2, 0.25) is 0 Å². The summed E-state index contributed by atoms with van der Waals surface area (Å²) < 4.78 is 23.2. The average molecular weight is 422 g/mol. The van der Waals surface area contributed by atoms with E-state index in [0.717, 1.165) is 40.1 Å². The molecule has 0 amide bonds. The molecule has 3 rings (SSSR count). The SMILES string of the molecule is CCC(C)NCc1cc(Br)c(OCc2ccc3c(c2)OCO3)c(OC)c1. The second-order valence-corrected chi connectivity index (χ2v) is 7.13. The molecule has 0 fully saturated rings. The molecular weight excluding hydrogens is 398 g/mol. The number of halogens is 1. The van der Waals surface area contributed by atoms with Crippen molar-refractivity contribution in [3.63, 3.8) is 0 Å². The van der Waals surface area contributed by atoms with Gasteiger partial charge in [0.2, 0.25) is 6.79 Å². The van der Waals surface area contributed by atoms with Crippen LogP contribution in [-0.2, 0) is 13.2 Å². The minimum absolute atomic E-state index is 0.269. The average Bonchev–Trinajstić information content (AvgIpc) is 3.12. The van der Waals surface area contributed by atoms with Crippen molar-refractivity contribution in [3.8, 4) is 23.0 Å². The molecule has 1 unspecified atom stereocenters. The Morgan fingerprint density at radius 2 is 1.96 bits per heavy atom. The van der Waals surface area contributed by atoms with E-state index >= 15 is 0 Å². The smallest absolute Gasteiger partial charge is 0.231 e. The molecule has 0 bridgehead atoms. The van der Waals surface area contributed by atoms with Crippen molar-refractivity contribution in [2.45, 2.75) is 39.5 Å². The maximum atomic E-state index is 6.02. The molecule has 26 heavy (non-hydrogen) atoms. The van der Waals surface area contributed by atoms with Gasteiger partial charge in [0.05, 0.1) is 11.6 Å². The van der Waals surface area contributed by atoms with Crippen LogP contribution < -0.4 is 24.3 Å². The predicted molar refractivity (Wildman–Crippen MR) is 104 cm³/mol. The molecule has 0 saturated heterocycles. The maximum Gasteiger partial charge on any atom is 0.231 e. The summed E-state index contributed by atoms with van der Waals surface area (Å²) >= 11 is 3.61. The highest BCUT2D eigenvalue weighted by Crippen LogP contribution is 2.38. The molecule has 1 N–H and O–H groups in total. The van der Waals surface area contributed by atoms with E-state index in [2.05, 4.69) is 41.2 Å². The van der Waals surface area contributed by atoms with Crippen molar-refractivity contribution in [2.24, 2.45) is 0 Å². The van der Waals surface area contributed by atoms with Gasteiger partial charge in [0.25, 0.3) is 0 Å². The highest BCUT2D eigenvalue weighted by molar-refractivity contribution is 9.10. The van der Waals surface area contributed by atoms with Crippen LogP contribution in [0.1, 0.15) is 31.4 Å². The summed E-state index contributed by atoms with van der Waals surface area (Å²) in [5.41, 5.74) is 2.15. The lowest BCUT2D eigenvalue weighted by Crippen LogP contribution is -2.24. The van der Waals surface area contributed by atoms with Crippen molar-refractivity contribution in [2.75, 3.05) is 13.9 Å². The van der Waals surface area contributed by atoms with Crippen LogP contribution in [0.5, 0.6) is 23.0 Å². The molecule has 0 aliphatic carbocycles. The molecule has 140 valence electrons. The highest BCUT2D eigenvalue weighted by Gasteiger charge is 2.15. The number of benzene rings is 2. The molecule has 1 aliphatic rings. The first-order valence-corrected chi connectivity index (χ1v) is 9.51. The summed E-state index contributed by atoms with van der Waals surface area (Å²) in [6.45, 7) is 5.81. The zero-order valence-electron chi connectivity index (χ0n) is 15.3. The van der Waals surface area contributed by atoms with E-state index in [1.807, 2.05) is 24.3 Å². The third-order valence-corrected chi connectivity index (χ3v) is 4.97. The molecule has 0 radical (unpaired) electrons. The number of ether oxygens (including phenoxy) is 4. The van der Waals surface area contributed by atoms with Gasteiger partial charge in [-0.05, 0) is 64.7 Å². The van der Waals surface area contributed by atoms with Crippen molar-refractivity contribution < 1.29 is 18.9 Å². The first-order chi connectivity index (χ1) is 12.6. The minimum atomic E-state index is 0.269. The monoisotopic (exact) mass is 421 g/mol. The van der Waals surface area contributed by atoms with Crippen LogP contribution >= 0.6 is 15.9 Å². The van der Waals surface area contributed by atoms with Gasteiger partial charge in [-0.1, -0.05) is 13.0 Å². The number of hydrogen-bond acceptors (Lipinski definition) is 5. The third kappa shape index (κ3) is 4.43. The second kappa shape index (κ2) is 8.64. The molecule has 5 nitrogen and oxygen atoms in total. The van der Waals surface area contributed by atoms with Crippen molar-refractivity contribution >= 4 is 15.9 Å². The molecule has 0 spiro atoms. The van der Waals surface area contributed by atoms with E-state index in [9.17, 15) is 0 Å². The van der Waals surface area contributed by atoms with Crippen molar-refractivity contribution in [1.82, 2.24) is 5.32 Å². The minimum Gasteiger partial charge on any atom is -0.493 e. The summed E-state index contributed by atoms with van der Waals surface area (Å²) in [4.78, 5) is 0. The number of rotatable bonds is 8. The number of nitrogens with one attached hydrogen (secondary N) is 1. The fraction of sp³-hybridized carbons (Fsp3) is 0.400. The molecule has 2 aromatic rings. The van der Waals surface area contributed by atoms with Gasteiger partial charge in [-0.2, -0.15) is 0 Å². The zero-order chi connectivity index (χ0) is 18.5. The lowest BCUT2D eigenvalue weighted by Gasteiger charge is -2.16. The Morgan fingerprint density at radius 3 is 2.73 bits per heavy atom. The van der Waals surface area contributed by atoms with Crippen LogP contribution in [0.25, 0.3) is 0 Å². The van der Waals surface area contributed by atoms with E-state index in [-0.39, 0.29) is 6.79 Å². The fourth-order valence-electron chi connectivity index (χ4n) is 2.64. The number of hydrogen-bond donors (Lipinski definition) is 1. The standard InChI is InChI=1S/C20H24BrNO4/c1-4-13(2)22-10-15-7-16(21)20(19(9-15)23-3)24-11-14-5-6-17-18(8-14)26-12-25-17/h5-9,13,22H,4,10-12H2,1-3H3. The molecule has 1 heterocycles. The van der Waals surface area contributed by atoms with Gasteiger partial charge in [0, 0.05) is 12.6 Å². The lowest BCUT2D eigenvalue weighted by molar-refractivity contribution is 0.174. The largest absolute Gasteiger partial charge is 0.493 e. The van der Waals surface area contributed by atoms with Gasteiger partial charge in [-0.3, -0.25) is 0 Å². The normalized spacial score (nSPS) is 13.5. The van der Waals surface area contributed by atoms with Gasteiger partial charge >= 0.3 is 0 Å². The topological polar surface area (TPSA) is 49.0 Å². The van der Waals surface area contributed by atoms with E-state index in [1.54, 1.807) is 7.11 Å². The van der Waals surface area contributed by atoms with E-state index in [1.165, 1.54) is 0 Å². The Kier molecular flexibility index (Phi) is 6.27. The molecule has 0 aromatic heterocycles. The molecule has 6 heteroatoms. The Balaban J connectivity index is 1.70. The van der Waals surface area contributed by atoms with Crippen molar-refractivity contribution in [1.29, 1.82) is 0 Å². The summed E-state index contributed by atoms with van der Waals surface area (Å²) in [6, 6.07) is 10.4. The molecule has 1 atom stereocenters. The van der Waals surface area contributed by atoms with Crippen LogP contribution in [0, 0.1) is 0 Å². The highest BCUT2D eigenvalue weighted by atomic mass is 79.9. The Labute approximate surface area is 162 Å². The first kappa shape index (κ1) is 18.9. The van der Waals surface area contributed by atoms with Crippen molar-refractivity contribution in [3.05, 3.63) is 45.9 Å². The predicted octanol–water partition coefficient (Wildman–Crippen LogP) is 4.65. The van der Waals surface area contributed by atoms with Crippen LogP contribution in [0.4, 0.5) is 0 Å². The quantitative estimate of drug-likeness (QED) is 0.671. The first-order valence-electron chi connectivity index (χ1n) is 8.71. The van der Waals surface area contributed by atoms with Gasteiger partial charge in [-0.15, -0.1) is 0 Å². The van der Waals surface area contributed by atoms with Crippen LogP contribution in [0.3, 0.4) is 0 Å². The van der Waals surface area contributed by atoms with Crippen LogP contribution in [-0.4, -0.2) is 19.9 Å². The van der Waals surface area contributed by atoms with Gasteiger partial charge < -0.3 is 24.3 Å². The maximum absolute atomic E-state index is 6.02. The zero-order valence-corrected chi connectivity index (χ0v) is 16.9. The van der Waals surface area contributed by atoms with Crippen LogP contribution in [0.15, 0.2) is 34.8 Å². The lowest BCUT2D eigenvalue weighted by atomic mass is 10.1. The number of methoxy groups -OCH3 is 1. The Bertz CT molecular complexity index is 766. The molecule has 2 aromatic carbocycles. The van der Waals surface area contributed by atoms with E-state index in [0.29, 0.717) is 24.1 Å². The summed E-state index contributed by atoms with van der Waals surface area (Å²) in [7, 11) is 1.65. The van der Waals surface area contributed by atoms with E-state index < -0.39 is 0 Å². The van der Waals surface area contributed by atoms with Gasteiger partial charge in [0.15, 0.2) is 23.0 Å². The third-order valence-electron chi connectivity index (χ3n) is 4.38. The Morgan fingerprint density at radius 1 is 1.15 bits per heavy atom. The van der Waals surface area contributed by atoms with Gasteiger partial charge in [0.1, 0.15) is 6.61 Å². The number of fused-ring (bicyclic) bond motifs is 1. The molecule has 0 saturated carbocycles. The summed E-state index contributed by atoms with van der Waals surface area (Å²) in [5.74, 6) is 2.92. The van der Waals surface area contributed by atoms with E-state index in [4.69, 9.17) is 18.9 Å². The Hall–Kier alpha value is -1.92. The summed E-state index contributed by atoms with van der Waals surface area (Å²) in [5, 5.41) is 3.49. The summed E-state index contributed by atoms with van der Waals surface area (Å²) in [6.07, 6.45) is 1.09. The molecule has 1 aliphatic heterocycles. The fourth-order valence-corrected chi connectivity index (χ4v) is 3.24. The second-order valence-electron chi connectivity index (χ2n) is 6.28. The molecular formula is C20H24BrNO4. The van der Waals surface area contributed by atoms with Gasteiger partial charge in [-0.25, -0.2) is 0 Å².